The van der Waals surface area contributed by atoms with Crippen LogP contribution in [0.5, 0.6) is 17.2 Å². The second kappa shape index (κ2) is 8.57. The van der Waals surface area contributed by atoms with Gasteiger partial charge in [-0.25, -0.2) is 4.79 Å². The van der Waals surface area contributed by atoms with E-state index in [0.717, 1.165) is 5.56 Å². The van der Waals surface area contributed by atoms with Crippen molar-refractivity contribution in [1.82, 2.24) is 5.32 Å². The number of hydrogen-bond donors (Lipinski definition) is 4. The largest absolute Gasteiger partial charge is 0.508 e. The van der Waals surface area contributed by atoms with Crippen molar-refractivity contribution in [3.05, 3.63) is 59.7 Å². The molecule has 136 valence electrons. The second-order valence-corrected chi connectivity index (χ2v) is 5.54. The number of methoxy groups -OCH3 is 1. The van der Waals surface area contributed by atoms with E-state index in [1.165, 1.54) is 49.6 Å². The Kier molecular flexibility index (Phi) is 6.21. The smallest absolute Gasteiger partial charge is 0.328 e. The number of phenols is 3. The van der Waals surface area contributed by atoms with Crippen LogP contribution in [0.3, 0.4) is 0 Å². The first-order valence-corrected chi connectivity index (χ1v) is 7.75. The Morgan fingerprint density at radius 2 is 1.77 bits per heavy atom. The summed E-state index contributed by atoms with van der Waals surface area (Å²) in [6.45, 7) is 0. The van der Waals surface area contributed by atoms with Gasteiger partial charge in [0.2, 0.25) is 5.91 Å². The molecule has 0 bridgehead atoms. The molecule has 2 rings (SSSR count). The number of carbonyl (C=O) groups excluding carboxylic acids is 2. The summed E-state index contributed by atoms with van der Waals surface area (Å²) in [6.07, 6.45) is 2.84. The van der Waals surface area contributed by atoms with E-state index in [2.05, 4.69) is 5.32 Å². The monoisotopic (exact) mass is 357 g/mol. The van der Waals surface area contributed by atoms with E-state index in [4.69, 9.17) is 4.74 Å². The maximum absolute atomic E-state index is 12.1. The number of carbonyl (C=O) groups is 2. The van der Waals surface area contributed by atoms with Crippen molar-refractivity contribution in [2.24, 2.45) is 0 Å². The summed E-state index contributed by atoms with van der Waals surface area (Å²) in [6, 6.07) is 9.50. The molecule has 0 aliphatic carbocycles. The third-order valence-electron chi connectivity index (χ3n) is 3.60. The molecule has 0 aliphatic rings. The van der Waals surface area contributed by atoms with Gasteiger partial charge in [-0.15, -0.1) is 0 Å². The number of ether oxygens (including phenoxy) is 1. The highest BCUT2D eigenvalue weighted by Gasteiger charge is 2.21. The maximum Gasteiger partial charge on any atom is 0.328 e. The summed E-state index contributed by atoms with van der Waals surface area (Å²) in [5, 5.41) is 30.6. The van der Waals surface area contributed by atoms with Gasteiger partial charge in [0.25, 0.3) is 0 Å². The van der Waals surface area contributed by atoms with E-state index in [9.17, 15) is 24.9 Å². The number of benzene rings is 2. The molecule has 0 aliphatic heterocycles. The van der Waals surface area contributed by atoms with E-state index in [1.807, 2.05) is 0 Å². The minimum Gasteiger partial charge on any atom is -0.508 e. The number of amides is 1. The second-order valence-electron chi connectivity index (χ2n) is 5.54. The lowest BCUT2D eigenvalue weighted by Gasteiger charge is -2.15. The molecule has 7 nitrogen and oxygen atoms in total. The number of rotatable bonds is 6. The van der Waals surface area contributed by atoms with Gasteiger partial charge in [-0.05, 0) is 41.5 Å². The van der Waals surface area contributed by atoms with E-state index in [-0.39, 0.29) is 23.7 Å². The van der Waals surface area contributed by atoms with Crippen molar-refractivity contribution >= 4 is 18.0 Å². The fourth-order valence-electron chi connectivity index (χ4n) is 2.24. The first-order valence-electron chi connectivity index (χ1n) is 7.75. The Bertz CT molecular complexity index is 813. The average molecular weight is 357 g/mol. The average Bonchev–Trinajstić information content (AvgIpc) is 2.63. The molecule has 2 aromatic rings. The molecular formula is C19H19NO6. The van der Waals surface area contributed by atoms with Crippen LogP contribution in [-0.2, 0) is 20.7 Å². The van der Waals surface area contributed by atoms with Crippen LogP contribution in [0.4, 0.5) is 0 Å². The van der Waals surface area contributed by atoms with Crippen molar-refractivity contribution in [3.8, 4) is 17.2 Å². The van der Waals surface area contributed by atoms with Crippen LogP contribution in [0.15, 0.2) is 48.5 Å². The van der Waals surface area contributed by atoms with E-state index < -0.39 is 17.9 Å². The standard InChI is InChI=1S/C19H19NO6/c1-26-19(25)15(10-12-2-6-14(21)7-3-12)20-18(24)9-5-13-4-8-16(22)17(23)11-13/h2-9,11,15,21-23H,10H2,1H3,(H,20,24)/b9-5+. The summed E-state index contributed by atoms with van der Waals surface area (Å²) in [5.41, 5.74) is 1.24. The zero-order valence-electron chi connectivity index (χ0n) is 14.0. The van der Waals surface area contributed by atoms with Gasteiger partial charge >= 0.3 is 5.97 Å². The molecule has 0 fully saturated rings. The molecule has 0 aromatic heterocycles. The van der Waals surface area contributed by atoms with Crippen LogP contribution in [0, 0.1) is 0 Å². The predicted octanol–water partition coefficient (Wildman–Crippen LogP) is 1.72. The van der Waals surface area contributed by atoms with Crippen molar-refractivity contribution in [2.75, 3.05) is 7.11 Å². The van der Waals surface area contributed by atoms with Gasteiger partial charge in [0.1, 0.15) is 11.8 Å². The Morgan fingerprint density at radius 1 is 1.08 bits per heavy atom. The van der Waals surface area contributed by atoms with Crippen LogP contribution in [0.25, 0.3) is 6.08 Å². The first kappa shape index (κ1) is 18.9. The minimum absolute atomic E-state index is 0.104. The maximum atomic E-state index is 12.1. The first-order chi connectivity index (χ1) is 12.4. The van der Waals surface area contributed by atoms with Crippen molar-refractivity contribution in [3.63, 3.8) is 0 Å². The fraction of sp³-hybridized carbons (Fsp3) is 0.158. The van der Waals surface area contributed by atoms with Gasteiger partial charge in [0, 0.05) is 12.5 Å². The Morgan fingerprint density at radius 3 is 2.38 bits per heavy atom. The van der Waals surface area contributed by atoms with Gasteiger partial charge < -0.3 is 25.4 Å². The van der Waals surface area contributed by atoms with Crippen LogP contribution >= 0.6 is 0 Å². The Balaban J connectivity index is 2.05. The van der Waals surface area contributed by atoms with Crippen LogP contribution in [0.1, 0.15) is 11.1 Å². The number of nitrogens with one attached hydrogen (secondary N) is 1. The summed E-state index contributed by atoms with van der Waals surface area (Å²) in [4.78, 5) is 24.0. The third kappa shape index (κ3) is 5.27. The predicted molar refractivity (Wildman–Crippen MR) is 94.6 cm³/mol. The summed E-state index contributed by atoms with van der Waals surface area (Å²) >= 11 is 0. The summed E-state index contributed by atoms with van der Waals surface area (Å²) in [5.74, 6) is -1.57. The molecule has 0 spiro atoms. The molecule has 0 radical (unpaired) electrons. The van der Waals surface area contributed by atoms with Crippen molar-refractivity contribution < 1.29 is 29.6 Å². The van der Waals surface area contributed by atoms with Crippen LogP contribution < -0.4 is 5.32 Å². The topological polar surface area (TPSA) is 116 Å². The minimum atomic E-state index is -0.894. The van der Waals surface area contributed by atoms with E-state index >= 15 is 0 Å². The molecule has 1 atom stereocenters. The molecule has 0 heterocycles. The van der Waals surface area contributed by atoms with Gasteiger partial charge in [-0.1, -0.05) is 18.2 Å². The Labute approximate surface area is 150 Å². The number of aromatic hydroxyl groups is 3. The highest BCUT2D eigenvalue weighted by atomic mass is 16.5. The quantitative estimate of drug-likeness (QED) is 0.355. The summed E-state index contributed by atoms with van der Waals surface area (Å²) in [7, 11) is 1.23. The molecule has 2 aromatic carbocycles. The Hall–Kier alpha value is -3.48. The molecule has 4 N–H and O–H groups in total. The lowest BCUT2D eigenvalue weighted by atomic mass is 10.1. The van der Waals surface area contributed by atoms with Crippen LogP contribution in [-0.4, -0.2) is 40.3 Å². The van der Waals surface area contributed by atoms with Gasteiger partial charge in [0.15, 0.2) is 11.5 Å². The van der Waals surface area contributed by atoms with Gasteiger partial charge in [-0.2, -0.15) is 0 Å². The lowest BCUT2D eigenvalue weighted by molar-refractivity contribution is -0.144. The molecule has 0 saturated carbocycles. The van der Waals surface area contributed by atoms with Gasteiger partial charge in [-0.3, -0.25) is 4.79 Å². The SMILES string of the molecule is COC(=O)C(Cc1ccc(O)cc1)NC(=O)/C=C/c1ccc(O)c(O)c1. The normalized spacial score (nSPS) is 11.9. The highest BCUT2D eigenvalue weighted by Crippen LogP contribution is 2.25. The number of hydrogen-bond acceptors (Lipinski definition) is 6. The van der Waals surface area contributed by atoms with E-state index in [1.54, 1.807) is 12.1 Å². The number of esters is 1. The van der Waals surface area contributed by atoms with Gasteiger partial charge in [0.05, 0.1) is 7.11 Å². The molecule has 7 heteroatoms. The van der Waals surface area contributed by atoms with Crippen molar-refractivity contribution in [2.45, 2.75) is 12.5 Å². The third-order valence-corrected chi connectivity index (χ3v) is 3.60. The molecule has 1 unspecified atom stereocenters. The zero-order chi connectivity index (χ0) is 19.1. The lowest BCUT2D eigenvalue weighted by Crippen LogP contribution is -2.42. The molecule has 0 saturated heterocycles. The van der Waals surface area contributed by atoms with Crippen molar-refractivity contribution in [1.29, 1.82) is 0 Å². The molecule has 1 amide bonds. The molecule has 26 heavy (non-hydrogen) atoms. The summed E-state index contributed by atoms with van der Waals surface area (Å²) < 4.78 is 4.71. The molecular weight excluding hydrogens is 338 g/mol. The van der Waals surface area contributed by atoms with E-state index in [0.29, 0.717) is 5.56 Å². The fourth-order valence-corrected chi connectivity index (χ4v) is 2.24. The highest BCUT2D eigenvalue weighted by molar-refractivity contribution is 5.94. The number of phenolic OH excluding ortho intramolecular Hbond substituents is 3. The zero-order valence-corrected chi connectivity index (χ0v) is 14.0. The van der Waals surface area contributed by atoms with Crippen LogP contribution in [0.2, 0.25) is 0 Å².